The van der Waals surface area contributed by atoms with Crippen LogP contribution in [0.25, 0.3) is 12.2 Å². The minimum Gasteiger partial charge on any atom is -0.268 e. The number of allylic oxidation sites excluding steroid dienone is 2. The van der Waals surface area contributed by atoms with Gasteiger partial charge in [0, 0.05) is 17.7 Å². The van der Waals surface area contributed by atoms with Gasteiger partial charge in [-0.1, -0.05) is 32.1 Å². The molecule has 0 saturated heterocycles. The van der Waals surface area contributed by atoms with Crippen LogP contribution in [0.15, 0.2) is 18.3 Å². The summed E-state index contributed by atoms with van der Waals surface area (Å²) >= 11 is 0. The second-order valence-corrected chi connectivity index (χ2v) is 4.10. The van der Waals surface area contributed by atoms with Gasteiger partial charge in [-0.2, -0.15) is 5.10 Å². The maximum Gasteiger partial charge on any atom is 0.0676 e. The molecular formula is C11H14N2. The van der Waals surface area contributed by atoms with Gasteiger partial charge < -0.3 is 0 Å². The minimum absolute atomic E-state index is 0.130. The fourth-order valence-corrected chi connectivity index (χ4v) is 1.62. The van der Waals surface area contributed by atoms with Gasteiger partial charge >= 0.3 is 0 Å². The topological polar surface area (TPSA) is 17.8 Å². The fourth-order valence-electron chi connectivity index (χ4n) is 1.62. The molecule has 0 saturated carbocycles. The van der Waals surface area contributed by atoms with Crippen molar-refractivity contribution < 1.29 is 0 Å². The number of rotatable bonds is 0. The second-order valence-electron chi connectivity index (χ2n) is 4.10. The zero-order chi connectivity index (χ0) is 9.47. The molecule has 1 aliphatic rings. The Morgan fingerprint density at radius 2 is 2.15 bits per heavy atom. The van der Waals surface area contributed by atoms with E-state index in [4.69, 9.17) is 0 Å². The molecule has 0 N–H and O–H groups in total. The number of nitrogens with zero attached hydrogens (tertiary/aromatic N) is 2. The molecule has 0 amide bonds. The lowest BCUT2D eigenvalue weighted by Crippen LogP contribution is -2.28. The van der Waals surface area contributed by atoms with Crippen molar-refractivity contribution in [2.75, 3.05) is 0 Å². The first-order valence-corrected chi connectivity index (χ1v) is 4.49. The van der Waals surface area contributed by atoms with Crippen LogP contribution in [0.3, 0.4) is 0 Å². The number of fused-ring (bicyclic) bond motifs is 1. The lowest BCUT2D eigenvalue weighted by atomic mass is 9.93. The molecule has 0 bridgehead atoms. The average molecular weight is 174 g/mol. The quantitative estimate of drug-likeness (QED) is 0.562. The van der Waals surface area contributed by atoms with Crippen molar-refractivity contribution in [1.82, 2.24) is 9.78 Å². The molecule has 0 unspecified atom stereocenters. The largest absolute Gasteiger partial charge is 0.268 e. The Kier molecular flexibility index (Phi) is 1.65. The predicted octanol–water partition coefficient (Wildman–Crippen LogP) is 0.577. The maximum atomic E-state index is 4.23. The van der Waals surface area contributed by atoms with E-state index in [1.807, 2.05) is 17.9 Å². The molecule has 0 atom stereocenters. The molecule has 1 aromatic heterocycles. The van der Waals surface area contributed by atoms with Gasteiger partial charge in [0.25, 0.3) is 0 Å². The van der Waals surface area contributed by atoms with Gasteiger partial charge in [0.05, 0.1) is 11.5 Å². The van der Waals surface area contributed by atoms with Crippen LogP contribution in [0.1, 0.15) is 13.8 Å². The summed E-state index contributed by atoms with van der Waals surface area (Å²) in [5.74, 6) is 0. The van der Waals surface area contributed by atoms with Crippen LogP contribution in [-0.4, -0.2) is 9.78 Å². The molecular weight excluding hydrogens is 160 g/mol. The van der Waals surface area contributed by atoms with Crippen LogP contribution < -0.4 is 10.6 Å². The van der Waals surface area contributed by atoms with Crippen LogP contribution in [-0.2, 0) is 7.05 Å². The second kappa shape index (κ2) is 2.59. The normalized spacial score (nSPS) is 18.4. The van der Waals surface area contributed by atoms with Crippen LogP contribution in [0.4, 0.5) is 0 Å². The lowest BCUT2D eigenvalue weighted by molar-refractivity contribution is 0.670. The Hall–Kier alpha value is -1.31. The highest BCUT2D eigenvalue weighted by Crippen LogP contribution is 2.19. The highest BCUT2D eigenvalue weighted by atomic mass is 15.2. The summed E-state index contributed by atoms with van der Waals surface area (Å²) in [6, 6.07) is 0. The highest BCUT2D eigenvalue weighted by molar-refractivity contribution is 5.46. The SMILES string of the molecule is Cn1ncc2c1=CC=CC(C)(C)C=2. The smallest absolute Gasteiger partial charge is 0.0676 e. The molecule has 2 heteroatoms. The summed E-state index contributed by atoms with van der Waals surface area (Å²) in [5, 5.41) is 6.63. The molecule has 1 aliphatic carbocycles. The zero-order valence-electron chi connectivity index (χ0n) is 8.28. The van der Waals surface area contributed by atoms with Gasteiger partial charge in [-0.05, 0) is 6.08 Å². The van der Waals surface area contributed by atoms with Gasteiger partial charge in [-0.3, -0.25) is 4.68 Å². The van der Waals surface area contributed by atoms with Crippen molar-refractivity contribution in [1.29, 1.82) is 0 Å². The van der Waals surface area contributed by atoms with Crippen LogP contribution in [0, 0.1) is 5.41 Å². The fraction of sp³-hybridized carbons (Fsp3) is 0.364. The first-order valence-electron chi connectivity index (χ1n) is 4.49. The zero-order valence-corrected chi connectivity index (χ0v) is 8.28. The van der Waals surface area contributed by atoms with Crippen molar-refractivity contribution in [3.05, 3.63) is 28.9 Å². The van der Waals surface area contributed by atoms with Crippen LogP contribution in [0.5, 0.6) is 0 Å². The van der Waals surface area contributed by atoms with E-state index in [1.54, 1.807) is 0 Å². The molecule has 0 fully saturated rings. The van der Waals surface area contributed by atoms with E-state index in [-0.39, 0.29) is 5.41 Å². The first kappa shape index (κ1) is 8.30. The average Bonchev–Trinajstić information content (AvgIpc) is 2.31. The predicted molar refractivity (Wildman–Crippen MR) is 54.3 cm³/mol. The molecule has 1 heterocycles. The molecule has 0 aromatic carbocycles. The summed E-state index contributed by atoms with van der Waals surface area (Å²) in [5.41, 5.74) is 0.130. The van der Waals surface area contributed by atoms with Gasteiger partial charge in [-0.15, -0.1) is 0 Å². The lowest BCUT2D eigenvalue weighted by Gasteiger charge is -2.12. The number of aryl methyl sites for hydroxylation is 1. The van der Waals surface area contributed by atoms with E-state index in [0.29, 0.717) is 0 Å². The summed E-state index contributed by atoms with van der Waals surface area (Å²) in [6.07, 6.45) is 10.6. The van der Waals surface area contributed by atoms with E-state index in [1.165, 1.54) is 10.6 Å². The molecule has 1 aromatic rings. The summed E-state index contributed by atoms with van der Waals surface area (Å²) in [6.45, 7) is 4.39. The third-order valence-electron chi connectivity index (χ3n) is 2.32. The summed E-state index contributed by atoms with van der Waals surface area (Å²) in [4.78, 5) is 0. The van der Waals surface area contributed by atoms with E-state index in [9.17, 15) is 0 Å². The monoisotopic (exact) mass is 174 g/mol. The van der Waals surface area contributed by atoms with E-state index in [2.05, 4.69) is 43.3 Å². The third-order valence-corrected chi connectivity index (χ3v) is 2.32. The summed E-state index contributed by atoms with van der Waals surface area (Å²) < 4.78 is 1.90. The van der Waals surface area contributed by atoms with E-state index in [0.717, 1.165) is 0 Å². The summed E-state index contributed by atoms with van der Waals surface area (Å²) in [7, 11) is 1.97. The number of hydrogen-bond donors (Lipinski definition) is 0. The Labute approximate surface area is 77.9 Å². The molecule has 0 spiro atoms. The standard InChI is InChI=1S/C11H14N2/c1-11(2)6-4-5-10-9(7-11)8-12-13(10)3/h4-8H,1-3H3. The van der Waals surface area contributed by atoms with Crippen LogP contribution >= 0.6 is 0 Å². The van der Waals surface area contributed by atoms with Gasteiger partial charge in [0.2, 0.25) is 0 Å². The van der Waals surface area contributed by atoms with Gasteiger partial charge in [-0.25, -0.2) is 0 Å². The van der Waals surface area contributed by atoms with E-state index >= 15 is 0 Å². The maximum absolute atomic E-state index is 4.23. The van der Waals surface area contributed by atoms with Crippen molar-refractivity contribution in [2.45, 2.75) is 13.8 Å². The van der Waals surface area contributed by atoms with E-state index < -0.39 is 0 Å². The first-order chi connectivity index (χ1) is 6.08. The molecule has 0 radical (unpaired) electrons. The molecule has 2 rings (SSSR count). The number of hydrogen-bond acceptors (Lipinski definition) is 1. The van der Waals surface area contributed by atoms with Crippen LogP contribution in [0.2, 0.25) is 0 Å². The highest BCUT2D eigenvalue weighted by Gasteiger charge is 2.11. The minimum atomic E-state index is 0.130. The number of aromatic nitrogens is 2. The van der Waals surface area contributed by atoms with Gasteiger partial charge in [0.15, 0.2) is 0 Å². The van der Waals surface area contributed by atoms with Crippen molar-refractivity contribution in [3.8, 4) is 0 Å². The van der Waals surface area contributed by atoms with Crippen molar-refractivity contribution in [3.63, 3.8) is 0 Å². The van der Waals surface area contributed by atoms with Crippen molar-refractivity contribution in [2.24, 2.45) is 12.5 Å². The molecule has 13 heavy (non-hydrogen) atoms. The molecule has 2 nitrogen and oxygen atoms in total. The Morgan fingerprint density at radius 3 is 2.92 bits per heavy atom. The Balaban J connectivity index is 2.79. The Morgan fingerprint density at radius 1 is 1.38 bits per heavy atom. The third kappa shape index (κ3) is 1.44. The van der Waals surface area contributed by atoms with Gasteiger partial charge in [0.1, 0.15) is 0 Å². The Bertz CT molecular complexity index is 461. The molecule has 68 valence electrons. The molecule has 0 aliphatic heterocycles. The van der Waals surface area contributed by atoms with Crippen molar-refractivity contribution >= 4 is 12.2 Å².